The summed E-state index contributed by atoms with van der Waals surface area (Å²) in [6.45, 7) is 2.31. The minimum absolute atomic E-state index is 0.0543. The molecule has 1 aliphatic heterocycles. The number of hydrogen-bond donors (Lipinski definition) is 0. The van der Waals surface area contributed by atoms with Crippen molar-refractivity contribution in [2.45, 2.75) is 13.5 Å². The van der Waals surface area contributed by atoms with Gasteiger partial charge in [0.25, 0.3) is 11.8 Å². The average molecular weight is 638 g/mol. The largest absolute Gasteiger partial charge is 0.490 e. The maximum atomic E-state index is 13.8. The highest BCUT2D eigenvalue weighted by molar-refractivity contribution is 7.81. The number of rotatable bonds is 8. The molecule has 6 nitrogen and oxygen atoms in total. The second-order valence-corrected chi connectivity index (χ2v) is 10.7. The van der Waals surface area contributed by atoms with E-state index in [0.29, 0.717) is 45.1 Å². The van der Waals surface area contributed by atoms with Gasteiger partial charge >= 0.3 is 0 Å². The molecule has 2 amide bonds. The summed E-state index contributed by atoms with van der Waals surface area (Å²) in [4.78, 5) is 30.3. The number of ether oxygens (including phenoxy) is 2. The molecular formula is C32H23Cl3N2O4S. The number of benzene rings is 4. The summed E-state index contributed by atoms with van der Waals surface area (Å²) in [6.07, 6.45) is 1.48. The first-order valence-corrected chi connectivity index (χ1v) is 14.4. The van der Waals surface area contributed by atoms with E-state index in [1.54, 1.807) is 78.9 Å². The molecule has 0 aliphatic carbocycles. The van der Waals surface area contributed by atoms with Crippen LogP contribution >= 0.6 is 47.0 Å². The van der Waals surface area contributed by atoms with Gasteiger partial charge in [-0.2, -0.15) is 0 Å². The molecular weight excluding hydrogens is 615 g/mol. The highest BCUT2D eigenvalue weighted by atomic mass is 35.5. The SMILES string of the molecule is CCOc1cc(C=C2C(=O)N(c3ccccc3)C(=S)N(c3ccccc3)C2=O)cc(Cl)c1OCc1ccc(Cl)c(Cl)c1. The zero-order chi connectivity index (χ0) is 29.8. The lowest BCUT2D eigenvalue weighted by Gasteiger charge is -2.36. The van der Waals surface area contributed by atoms with E-state index in [2.05, 4.69) is 0 Å². The molecule has 4 aromatic carbocycles. The number of carbonyl (C=O) groups excluding carboxylic acids is 2. The lowest BCUT2D eigenvalue weighted by atomic mass is 10.0. The van der Waals surface area contributed by atoms with Crippen molar-refractivity contribution in [2.24, 2.45) is 0 Å². The minimum atomic E-state index is -0.558. The van der Waals surface area contributed by atoms with E-state index >= 15 is 0 Å². The van der Waals surface area contributed by atoms with E-state index in [1.165, 1.54) is 15.9 Å². The smallest absolute Gasteiger partial charge is 0.270 e. The van der Waals surface area contributed by atoms with Crippen molar-refractivity contribution in [1.82, 2.24) is 0 Å². The fourth-order valence-electron chi connectivity index (χ4n) is 4.36. The molecule has 5 rings (SSSR count). The van der Waals surface area contributed by atoms with Crippen LogP contribution in [0.15, 0.2) is 96.6 Å². The predicted octanol–water partition coefficient (Wildman–Crippen LogP) is 8.37. The van der Waals surface area contributed by atoms with Gasteiger partial charge in [0, 0.05) is 0 Å². The first kappa shape index (κ1) is 29.6. The van der Waals surface area contributed by atoms with Crippen LogP contribution in [0.5, 0.6) is 11.5 Å². The topological polar surface area (TPSA) is 59.1 Å². The van der Waals surface area contributed by atoms with Crippen LogP contribution in [0.2, 0.25) is 15.1 Å². The summed E-state index contributed by atoms with van der Waals surface area (Å²) in [5, 5.41) is 1.14. The summed E-state index contributed by atoms with van der Waals surface area (Å²) in [5.41, 5.74) is 2.22. The van der Waals surface area contributed by atoms with Crippen LogP contribution in [0, 0.1) is 0 Å². The van der Waals surface area contributed by atoms with Crippen molar-refractivity contribution in [3.8, 4) is 11.5 Å². The van der Waals surface area contributed by atoms with Gasteiger partial charge in [-0.05, 0) is 84.9 Å². The van der Waals surface area contributed by atoms with Crippen LogP contribution in [0.1, 0.15) is 18.1 Å². The Bertz CT molecular complexity index is 1630. The third-order valence-electron chi connectivity index (χ3n) is 6.29. The van der Waals surface area contributed by atoms with Crippen LogP contribution < -0.4 is 19.3 Å². The van der Waals surface area contributed by atoms with Gasteiger partial charge in [0.05, 0.1) is 33.0 Å². The van der Waals surface area contributed by atoms with Crippen molar-refractivity contribution in [3.05, 3.63) is 123 Å². The molecule has 1 saturated heterocycles. The number of nitrogens with zero attached hydrogens (tertiary/aromatic N) is 2. The van der Waals surface area contributed by atoms with Crippen LogP contribution in [0.3, 0.4) is 0 Å². The molecule has 0 bridgehead atoms. The summed E-state index contributed by atoms with van der Waals surface area (Å²) >= 11 is 24.5. The maximum absolute atomic E-state index is 13.8. The fraction of sp³-hybridized carbons (Fsp3) is 0.0938. The molecule has 10 heteroatoms. The van der Waals surface area contributed by atoms with Gasteiger partial charge in [-0.3, -0.25) is 19.4 Å². The van der Waals surface area contributed by atoms with Crippen LogP contribution in [-0.2, 0) is 16.2 Å². The highest BCUT2D eigenvalue weighted by Gasteiger charge is 2.41. The molecule has 0 spiro atoms. The van der Waals surface area contributed by atoms with Crippen molar-refractivity contribution in [1.29, 1.82) is 0 Å². The number of para-hydroxylation sites is 2. The van der Waals surface area contributed by atoms with Gasteiger partial charge in [-0.1, -0.05) is 77.3 Å². The van der Waals surface area contributed by atoms with Gasteiger partial charge in [0.1, 0.15) is 12.2 Å². The second-order valence-electron chi connectivity index (χ2n) is 9.09. The van der Waals surface area contributed by atoms with E-state index in [4.69, 9.17) is 56.5 Å². The molecule has 1 fully saturated rings. The third kappa shape index (κ3) is 6.15. The Morgan fingerprint density at radius 3 is 1.88 bits per heavy atom. The highest BCUT2D eigenvalue weighted by Crippen LogP contribution is 2.39. The summed E-state index contributed by atoms with van der Waals surface area (Å²) in [6, 6.07) is 26.3. The Morgan fingerprint density at radius 1 is 0.738 bits per heavy atom. The quantitative estimate of drug-likeness (QED) is 0.110. The van der Waals surface area contributed by atoms with E-state index < -0.39 is 11.8 Å². The molecule has 0 atom stereocenters. The van der Waals surface area contributed by atoms with Gasteiger partial charge in [0.2, 0.25) is 0 Å². The Kier molecular flexibility index (Phi) is 9.14. The van der Waals surface area contributed by atoms with Crippen molar-refractivity contribution in [2.75, 3.05) is 16.4 Å². The molecule has 212 valence electrons. The molecule has 0 aromatic heterocycles. The van der Waals surface area contributed by atoms with Crippen LogP contribution in [0.4, 0.5) is 11.4 Å². The molecule has 4 aromatic rings. The molecule has 42 heavy (non-hydrogen) atoms. The van der Waals surface area contributed by atoms with Gasteiger partial charge in [-0.25, -0.2) is 0 Å². The van der Waals surface area contributed by atoms with Crippen LogP contribution in [-0.4, -0.2) is 23.5 Å². The second kappa shape index (κ2) is 13.0. The van der Waals surface area contributed by atoms with E-state index in [9.17, 15) is 9.59 Å². The summed E-state index contributed by atoms with van der Waals surface area (Å²) in [7, 11) is 0. The fourth-order valence-corrected chi connectivity index (χ4v) is 5.34. The van der Waals surface area contributed by atoms with Gasteiger partial charge in [0.15, 0.2) is 16.6 Å². The normalized spacial score (nSPS) is 13.4. The number of anilines is 2. The van der Waals surface area contributed by atoms with Gasteiger partial charge in [-0.15, -0.1) is 0 Å². The van der Waals surface area contributed by atoms with Crippen molar-refractivity contribution >= 4 is 81.4 Å². The lowest BCUT2D eigenvalue weighted by molar-refractivity contribution is -0.120. The first-order valence-electron chi connectivity index (χ1n) is 12.9. The summed E-state index contributed by atoms with van der Waals surface area (Å²) < 4.78 is 11.8. The molecule has 0 unspecified atom stereocenters. The van der Waals surface area contributed by atoms with E-state index in [1.807, 2.05) is 19.1 Å². The standard InChI is InChI=1S/C32H23Cl3N2O4S/c1-2-40-28-18-21(17-27(35)29(28)41-19-20-13-14-25(33)26(34)16-20)15-24-30(38)36(22-9-5-3-6-10-22)32(42)37(31(24)39)23-11-7-4-8-12-23/h3-18H,2,19H2,1H3. The van der Waals surface area contributed by atoms with Crippen molar-refractivity contribution < 1.29 is 19.1 Å². The average Bonchev–Trinajstić information content (AvgIpc) is 2.98. The Morgan fingerprint density at radius 2 is 1.33 bits per heavy atom. The Balaban J connectivity index is 1.54. The Hall–Kier alpha value is -3.88. The number of hydrogen-bond acceptors (Lipinski definition) is 5. The van der Waals surface area contributed by atoms with Crippen LogP contribution in [0.25, 0.3) is 6.08 Å². The molecule has 0 radical (unpaired) electrons. The van der Waals surface area contributed by atoms with E-state index in [-0.39, 0.29) is 22.3 Å². The molecule has 1 aliphatic rings. The maximum Gasteiger partial charge on any atom is 0.270 e. The number of amides is 2. The number of carbonyl (C=O) groups is 2. The molecule has 0 N–H and O–H groups in total. The molecule has 0 saturated carbocycles. The molecule has 1 heterocycles. The third-order valence-corrected chi connectivity index (χ3v) is 7.67. The minimum Gasteiger partial charge on any atom is -0.490 e. The number of thiocarbonyl (C=S) groups is 1. The first-order chi connectivity index (χ1) is 20.3. The number of halogens is 3. The zero-order valence-electron chi connectivity index (χ0n) is 22.2. The lowest BCUT2D eigenvalue weighted by Crippen LogP contribution is -2.56. The van der Waals surface area contributed by atoms with Crippen molar-refractivity contribution in [3.63, 3.8) is 0 Å². The summed E-state index contributed by atoms with van der Waals surface area (Å²) in [5.74, 6) is -0.455. The van der Waals surface area contributed by atoms with Gasteiger partial charge < -0.3 is 9.47 Å². The monoisotopic (exact) mass is 636 g/mol. The van der Waals surface area contributed by atoms with E-state index in [0.717, 1.165) is 5.56 Å². The Labute approximate surface area is 263 Å². The predicted molar refractivity (Wildman–Crippen MR) is 172 cm³/mol. The zero-order valence-corrected chi connectivity index (χ0v) is 25.3.